The molecule has 1 atom stereocenters. The maximum atomic E-state index is 6.01. The van der Waals surface area contributed by atoms with E-state index in [0.717, 1.165) is 6.54 Å². The van der Waals surface area contributed by atoms with Crippen LogP contribution in [0.15, 0.2) is 24.3 Å². The summed E-state index contributed by atoms with van der Waals surface area (Å²) in [4.78, 5) is 0. The first-order chi connectivity index (χ1) is 7.27. The summed E-state index contributed by atoms with van der Waals surface area (Å²) in [6.07, 6.45) is 2.55. The van der Waals surface area contributed by atoms with E-state index in [1.807, 2.05) is 11.8 Å². The van der Waals surface area contributed by atoms with Crippen molar-refractivity contribution >= 4 is 11.8 Å². The summed E-state index contributed by atoms with van der Waals surface area (Å²) in [6, 6.07) is 8.86. The molecule has 0 spiro atoms. The van der Waals surface area contributed by atoms with Crippen LogP contribution in [-0.4, -0.2) is 18.1 Å². The summed E-state index contributed by atoms with van der Waals surface area (Å²) in [5.41, 5.74) is 9.04. The third-order valence-electron chi connectivity index (χ3n) is 3.34. The molecule has 82 valence electrons. The van der Waals surface area contributed by atoms with Crippen LogP contribution >= 0.6 is 11.8 Å². The summed E-state index contributed by atoms with van der Waals surface area (Å²) in [5.74, 6) is 2.49. The lowest BCUT2D eigenvalue weighted by Crippen LogP contribution is -2.40. The van der Waals surface area contributed by atoms with Crippen molar-refractivity contribution in [3.8, 4) is 0 Å². The number of nitrogens with two attached hydrogens (primary N) is 1. The van der Waals surface area contributed by atoms with Crippen molar-refractivity contribution in [2.75, 3.05) is 18.1 Å². The van der Waals surface area contributed by atoms with Crippen LogP contribution < -0.4 is 5.73 Å². The minimum Gasteiger partial charge on any atom is -0.330 e. The molecule has 1 heterocycles. The van der Waals surface area contributed by atoms with E-state index in [-0.39, 0.29) is 5.41 Å². The number of hydrogen-bond acceptors (Lipinski definition) is 2. The molecule has 2 heteroatoms. The van der Waals surface area contributed by atoms with Gasteiger partial charge in [-0.1, -0.05) is 29.8 Å². The van der Waals surface area contributed by atoms with Crippen molar-refractivity contribution in [3.05, 3.63) is 35.4 Å². The van der Waals surface area contributed by atoms with Crippen LogP contribution in [-0.2, 0) is 5.41 Å². The predicted octanol–water partition coefficient (Wildman–Crippen LogP) is 2.72. The quantitative estimate of drug-likeness (QED) is 0.831. The molecule has 15 heavy (non-hydrogen) atoms. The Labute approximate surface area is 96.4 Å². The first kappa shape index (κ1) is 11.0. The molecule has 1 aromatic rings. The molecule has 0 bridgehead atoms. The van der Waals surface area contributed by atoms with E-state index >= 15 is 0 Å². The highest BCUT2D eigenvalue weighted by Crippen LogP contribution is 2.37. The minimum absolute atomic E-state index is 0.245. The van der Waals surface area contributed by atoms with Crippen molar-refractivity contribution in [3.63, 3.8) is 0 Å². The van der Waals surface area contributed by atoms with Gasteiger partial charge in [-0.25, -0.2) is 0 Å². The van der Waals surface area contributed by atoms with E-state index in [9.17, 15) is 0 Å². The maximum absolute atomic E-state index is 6.01. The van der Waals surface area contributed by atoms with Gasteiger partial charge in [0.25, 0.3) is 0 Å². The summed E-state index contributed by atoms with van der Waals surface area (Å²) in [6.45, 7) is 2.94. The molecule has 1 saturated heterocycles. The standard InChI is InChI=1S/C13H19NS/c1-11-4-2-5-12(8-11)13(9-14)6-3-7-15-10-13/h2,4-5,8H,3,6-7,9-10,14H2,1H3. The van der Waals surface area contributed by atoms with Crippen molar-refractivity contribution in [1.82, 2.24) is 0 Å². The lowest BCUT2D eigenvalue weighted by Gasteiger charge is -2.36. The zero-order chi connectivity index (χ0) is 10.7. The second-order valence-electron chi connectivity index (χ2n) is 4.51. The van der Waals surface area contributed by atoms with Gasteiger partial charge in [-0.15, -0.1) is 0 Å². The summed E-state index contributed by atoms with van der Waals surface area (Å²) < 4.78 is 0. The Morgan fingerprint density at radius 1 is 1.47 bits per heavy atom. The van der Waals surface area contributed by atoms with E-state index in [0.29, 0.717) is 0 Å². The van der Waals surface area contributed by atoms with Gasteiger partial charge >= 0.3 is 0 Å². The van der Waals surface area contributed by atoms with E-state index in [1.54, 1.807) is 0 Å². The highest BCUT2D eigenvalue weighted by Gasteiger charge is 2.32. The fraction of sp³-hybridized carbons (Fsp3) is 0.538. The normalized spacial score (nSPS) is 26.5. The molecule has 1 aliphatic rings. The molecule has 1 aliphatic heterocycles. The van der Waals surface area contributed by atoms with Crippen molar-refractivity contribution in [2.24, 2.45) is 5.73 Å². The number of benzene rings is 1. The van der Waals surface area contributed by atoms with Gasteiger partial charge in [0.05, 0.1) is 0 Å². The largest absolute Gasteiger partial charge is 0.330 e. The Bertz CT molecular complexity index is 329. The molecule has 1 nitrogen and oxygen atoms in total. The third kappa shape index (κ3) is 2.21. The van der Waals surface area contributed by atoms with Gasteiger partial charge in [0.1, 0.15) is 0 Å². The Morgan fingerprint density at radius 2 is 2.33 bits per heavy atom. The molecular formula is C13H19NS. The smallest absolute Gasteiger partial charge is 0.0166 e. The molecule has 2 rings (SSSR count). The number of rotatable bonds is 2. The molecule has 1 fully saturated rings. The second-order valence-corrected chi connectivity index (χ2v) is 5.62. The van der Waals surface area contributed by atoms with Gasteiger partial charge in [0.15, 0.2) is 0 Å². The molecule has 0 aromatic heterocycles. The lowest BCUT2D eigenvalue weighted by molar-refractivity contribution is 0.439. The number of aryl methyl sites for hydroxylation is 1. The van der Waals surface area contributed by atoms with Crippen molar-refractivity contribution in [1.29, 1.82) is 0 Å². The van der Waals surface area contributed by atoms with Crippen LogP contribution in [0, 0.1) is 6.92 Å². The second kappa shape index (κ2) is 4.58. The summed E-state index contributed by atoms with van der Waals surface area (Å²) in [5, 5.41) is 0. The van der Waals surface area contributed by atoms with Crippen LogP contribution in [0.5, 0.6) is 0 Å². The van der Waals surface area contributed by atoms with Crippen molar-refractivity contribution < 1.29 is 0 Å². The molecule has 0 aliphatic carbocycles. The molecule has 0 amide bonds. The average Bonchev–Trinajstić information content (AvgIpc) is 2.30. The van der Waals surface area contributed by atoms with E-state index in [1.165, 1.54) is 35.5 Å². The van der Waals surface area contributed by atoms with Gasteiger partial charge in [-0.2, -0.15) is 11.8 Å². The minimum atomic E-state index is 0.245. The first-order valence-corrected chi connectivity index (χ1v) is 6.77. The SMILES string of the molecule is Cc1cccc(C2(CN)CCCSC2)c1. The zero-order valence-corrected chi connectivity index (χ0v) is 10.1. The molecule has 1 aromatic carbocycles. The van der Waals surface area contributed by atoms with Gasteiger partial charge in [0, 0.05) is 17.7 Å². The van der Waals surface area contributed by atoms with E-state index in [4.69, 9.17) is 5.73 Å². The van der Waals surface area contributed by atoms with Crippen molar-refractivity contribution in [2.45, 2.75) is 25.2 Å². The average molecular weight is 221 g/mol. The highest BCUT2D eigenvalue weighted by molar-refractivity contribution is 7.99. The number of hydrogen-bond donors (Lipinski definition) is 1. The van der Waals surface area contributed by atoms with E-state index < -0.39 is 0 Å². The molecule has 0 radical (unpaired) electrons. The van der Waals surface area contributed by atoms with E-state index in [2.05, 4.69) is 31.2 Å². The van der Waals surface area contributed by atoms with Crippen LogP contribution in [0.1, 0.15) is 24.0 Å². The fourth-order valence-corrected chi connectivity index (χ4v) is 3.65. The molecule has 0 saturated carbocycles. The van der Waals surface area contributed by atoms with Gasteiger partial charge in [-0.05, 0) is 31.1 Å². The van der Waals surface area contributed by atoms with Crippen LogP contribution in [0.25, 0.3) is 0 Å². The van der Waals surface area contributed by atoms with Crippen LogP contribution in [0.4, 0.5) is 0 Å². The highest BCUT2D eigenvalue weighted by atomic mass is 32.2. The topological polar surface area (TPSA) is 26.0 Å². The third-order valence-corrected chi connectivity index (χ3v) is 4.68. The Morgan fingerprint density at radius 3 is 2.93 bits per heavy atom. The Hall–Kier alpha value is -0.470. The van der Waals surface area contributed by atoms with Gasteiger partial charge in [0.2, 0.25) is 0 Å². The molecule has 1 unspecified atom stereocenters. The Balaban J connectivity index is 2.32. The zero-order valence-electron chi connectivity index (χ0n) is 9.33. The maximum Gasteiger partial charge on any atom is 0.0166 e. The summed E-state index contributed by atoms with van der Waals surface area (Å²) >= 11 is 2.05. The predicted molar refractivity (Wildman–Crippen MR) is 68.5 cm³/mol. The van der Waals surface area contributed by atoms with Crippen LogP contribution in [0.3, 0.4) is 0 Å². The van der Waals surface area contributed by atoms with Gasteiger partial charge in [-0.3, -0.25) is 0 Å². The molecule has 2 N–H and O–H groups in total. The van der Waals surface area contributed by atoms with Crippen LogP contribution in [0.2, 0.25) is 0 Å². The first-order valence-electron chi connectivity index (χ1n) is 5.62. The lowest BCUT2D eigenvalue weighted by atomic mass is 9.78. The summed E-state index contributed by atoms with van der Waals surface area (Å²) in [7, 11) is 0. The van der Waals surface area contributed by atoms with Gasteiger partial charge < -0.3 is 5.73 Å². The number of thioether (sulfide) groups is 1. The fourth-order valence-electron chi connectivity index (χ4n) is 2.33. The molecular weight excluding hydrogens is 202 g/mol. The monoisotopic (exact) mass is 221 g/mol. The Kier molecular flexibility index (Phi) is 3.37.